The van der Waals surface area contributed by atoms with Crippen molar-refractivity contribution in [1.29, 1.82) is 0 Å². The fourth-order valence-electron chi connectivity index (χ4n) is 2.71. The van der Waals surface area contributed by atoms with Crippen molar-refractivity contribution in [2.24, 2.45) is 0 Å². The number of pyridine rings is 1. The van der Waals surface area contributed by atoms with E-state index in [1.807, 2.05) is 36.4 Å². The minimum absolute atomic E-state index is 0.0871. The van der Waals surface area contributed by atoms with E-state index >= 15 is 0 Å². The van der Waals surface area contributed by atoms with Gasteiger partial charge in [0.15, 0.2) is 11.5 Å². The summed E-state index contributed by atoms with van der Waals surface area (Å²) < 4.78 is 17.8. The van der Waals surface area contributed by atoms with Crippen LogP contribution in [0.3, 0.4) is 0 Å². The van der Waals surface area contributed by atoms with Gasteiger partial charge in [-0.3, -0.25) is 9.78 Å². The molecule has 2 aromatic carbocycles. The van der Waals surface area contributed by atoms with Gasteiger partial charge in [0, 0.05) is 30.6 Å². The Labute approximate surface area is 184 Å². The highest BCUT2D eigenvalue weighted by Crippen LogP contribution is 2.31. The summed E-state index contributed by atoms with van der Waals surface area (Å²) in [6, 6.07) is 16.7. The third-order valence-electron chi connectivity index (χ3n) is 4.23. The van der Waals surface area contributed by atoms with Crippen molar-refractivity contribution in [2.45, 2.75) is 19.4 Å². The van der Waals surface area contributed by atoms with Crippen molar-refractivity contribution >= 4 is 27.5 Å². The molecule has 0 spiro atoms. The van der Waals surface area contributed by atoms with Gasteiger partial charge in [0.25, 0.3) is 0 Å². The Morgan fingerprint density at radius 3 is 2.57 bits per heavy atom. The molecule has 0 saturated carbocycles. The molecule has 0 atom stereocenters. The molecule has 1 heterocycles. The Kier molecular flexibility index (Phi) is 8.09. The Balaban J connectivity index is 1.50. The molecule has 0 fully saturated rings. The molecule has 156 valence electrons. The van der Waals surface area contributed by atoms with Gasteiger partial charge in [-0.2, -0.15) is 0 Å². The maximum Gasteiger partial charge on any atom is 0.224 e. The van der Waals surface area contributed by atoms with Crippen molar-refractivity contribution < 1.29 is 19.0 Å². The highest BCUT2D eigenvalue weighted by atomic mass is 79.9. The van der Waals surface area contributed by atoms with Crippen LogP contribution in [-0.4, -0.2) is 24.6 Å². The minimum Gasteiger partial charge on any atom is -0.493 e. The number of carbonyl (C=O) groups is 1. The molecule has 30 heavy (non-hydrogen) atoms. The summed E-state index contributed by atoms with van der Waals surface area (Å²) in [5, 5.41) is 2.89. The van der Waals surface area contributed by atoms with Gasteiger partial charge in [-0.1, -0.05) is 12.1 Å². The van der Waals surface area contributed by atoms with Crippen molar-refractivity contribution in [3.8, 4) is 17.2 Å². The average Bonchev–Trinajstić information content (AvgIpc) is 2.77. The van der Waals surface area contributed by atoms with Crippen molar-refractivity contribution in [2.75, 3.05) is 19.0 Å². The number of methoxy groups -OCH3 is 1. The number of rotatable bonds is 10. The van der Waals surface area contributed by atoms with Crippen LogP contribution < -0.4 is 19.5 Å². The lowest BCUT2D eigenvalue weighted by Crippen LogP contribution is -2.13. The molecule has 0 radical (unpaired) electrons. The molecule has 6 nitrogen and oxygen atoms in total. The molecule has 0 unspecified atom stereocenters. The normalized spacial score (nSPS) is 10.3. The molecule has 1 amide bonds. The first-order valence-corrected chi connectivity index (χ1v) is 10.3. The number of para-hydroxylation sites is 1. The highest BCUT2D eigenvalue weighted by molar-refractivity contribution is 9.10. The van der Waals surface area contributed by atoms with E-state index in [0.29, 0.717) is 43.2 Å². The third kappa shape index (κ3) is 6.49. The first-order chi connectivity index (χ1) is 14.7. The summed E-state index contributed by atoms with van der Waals surface area (Å²) in [6.07, 6.45) is 4.39. The summed E-state index contributed by atoms with van der Waals surface area (Å²) in [5.41, 5.74) is 1.64. The topological polar surface area (TPSA) is 69.7 Å². The second-order valence-electron chi connectivity index (χ2n) is 6.44. The molecule has 0 aliphatic rings. The van der Waals surface area contributed by atoms with Crippen molar-refractivity contribution in [3.63, 3.8) is 0 Å². The fourth-order valence-corrected chi connectivity index (χ4v) is 3.11. The quantitative estimate of drug-likeness (QED) is 0.410. The van der Waals surface area contributed by atoms with E-state index in [2.05, 4.69) is 26.2 Å². The molecule has 0 aliphatic carbocycles. The van der Waals surface area contributed by atoms with Gasteiger partial charge in [-0.05, 0) is 64.3 Å². The molecule has 0 aliphatic heterocycles. The van der Waals surface area contributed by atoms with Crippen LogP contribution in [-0.2, 0) is 11.4 Å². The number of nitrogens with zero attached hydrogens (tertiary/aromatic N) is 1. The highest BCUT2D eigenvalue weighted by Gasteiger charge is 2.09. The Morgan fingerprint density at radius 1 is 1.00 bits per heavy atom. The summed E-state index contributed by atoms with van der Waals surface area (Å²) in [6.45, 7) is 0.835. The Hall–Kier alpha value is -3.06. The third-order valence-corrected chi connectivity index (χ3v) is 4.89. The van der Waals surface area contributed by atoms with Gasteiger partial charge >= 0.3 is 0 Å². The first-order valence-electron chi connectivity index (χ1n) is 9.52. The molecule has 7 heteroatoms. The van der Waals surface area contributed by atoms with E-state index in [-0.39, 0.29) is 5.91 Å². The second kappa shape index (κ2) is 11.2. The lowest BCUT2D eigenvalue weighted by atomic mass is 10.2. The molecular formula is C23H23BrN2O4. The van der Waals surface area contributed by atoms with Crippen LogP contribution in [0.2, 0.25) is 0 Å². The number of aromatic nitrogens is 1. The van der Waals surface area contributed by atoms with Crippen LogP contribution in [0.5, 0.6) is 17.2 Å². The van der Waals surface area contributed by atoms with Crippen LogP contribution in [0, 0.1) is 0 Å². The lowest BCUT2D eigenvalue weighted by molar-refractivity contribution is -0.116. The number of carbonyl (C=O) groups excluding carboxylic acids is 1. The zero-order chi connectivity index (χ0) is 21.2. The SMILES string of the molecule is COc1ccc(NC(=O)CCCOc2ccccc2Br)cc1OCc1ccncc1. The standard InChI is InChI=1S/C23H23BrN2O4/c1-28-21-9-8-18(15-22(21)30-16-17-10-12-25-13-11-17)26-23(27)7-4-14-29-20-6-3-2-5-19(20)24/h2-3,5-6,8-13,15H,4,7,14,16H2,1H3,(H,26,27). The van der Waals surface area contributed by atoms with Gasteiger partial charge < -0.3 is 19.5 Å². The molecule has 0 saturated heterocycles. The molecule has 1 N–H and O–H groups in total. The molecule has 3 rings (SSSR count). The second-order valence-corrected chi connectivity index (χ2v) is 7.29. The molecule has 0 bridgehead atoms. The monoisotopic (exact) mass is 470 g/mol. The number of ether oxygens (including phenoxy) is 3. The van der Waals surface area contributed by atoms with Crippen LogP contribution in [0.15, 0.2) is 71.5 Å². The minimum atomic E-state index is -0.0871. The average molecular weight is 471 g/mol. The molecular weight excluding hydrogens is 448 g/mol. The smallest absolute Gasteiger partial charge is 0.224 e. The zero-order valence-electron chi connectivity index (χ0n) is 16.6. The Bertz CT molecular complexity index is 966. The van der Waals surface area contributed by atoms with Gasteiger partial charge in [0.05, 0.1) is 18.2 Å². The van der Waals surface area contributed by atoms with Crippen LogP contribution >= 0.6 is 15.9 Å². The molecule has 3 aromatic rings. The van der Waals surface area contributed by atoms with Crippen LogP contribution in [0.1, 0.15) is 18.4 Å². The Morgan fingerprint density at radius 2 is 1.80 bits per heavy atom. The van der Waals surface area contributed by atoms with E-state index in [9.17, 15) is 4.79 Å². The van der Waals surface area contributed by atoms with E-state index in [1.54, 1.807) is 37.7 Å². The van der Waals surface area contributed by atoms with Gasteiger partial charge in [-0.25, -0.2) is 0 Å². The maximum atomic E-state index is 12.3. The number of benzene rings is 2. The zero-order valence-corrected chi connectivity index (χ0v) is 18.2. The van der Waals surface area contributed by atoms with E-state index in [0.717, 1.165) is 15.8 Å². The van der Waals surface area contributed by atoms with Crippen molar-refractivity contribution in [1.82, 2.24) is 4.98 Å². The number of anilines is 1. The first kappa shape index (κ1) is 21.6. The number of halogens is 1. The van der Waals surface area contributed by atoms with E-state index in [1.165, 1.54) is 0 Å². The van der Waals surface area contributed by atoms with Gasteiger partial charge in [0.1, 0.15) is 12.4 Å². The maximum absolute atomic E-state index is 12.3. The van der Waals surface area contributed by atoms with Crippen LogP contribution in [0.25, 0.3) is 0 Å². The van der Waals surface area contributed by atoms with E-state index in [4.69, 9.17) is 14.2 Å². The molecule has 1 aromatic heterocycles. The predicted octanol–water partition coefficient (Wildman–Crippen LogP) is 5.23. The summed E-state index contributed by atoms with van der Waals surface area (Å²) in [7, 11) is 1.58. The van der Waals surface area contributed by atoms with Crippen LogP contribution in [0.4, 0.5) is 5.69 Å². The van der Waals surface area contributed by atoms with Crippen molar-refractivity contribution in [3.05, 3.63) is 77.0 Å². The lowest BCUT2D eigenvalue weighted by Gasteiger charge is -2.13. The number of hydrogen-bond acceptors (Lipinski definition) is 5. The van der Waals surface area contributed by atoms with Gasteiger partial charge in [-0.15, -0.1) is 0 Å². The van der Waals surface area contributed by atoms with E-state index < -0.39 is 0 Å². The predicted molar refractivity (Wildman–Crippen MR) is 119 cm³/mol. The number of amides is 1. The largest absolute Gasteiger partial charge is 0.493 e. The number of hydrogen-bond donors (Lipinski definition) is 1. The summed E-state index contributed by atoms with van der Waals surface area (Å²) >= 11 is 3.44. The van der Waals surface area contributed by atoms with Gasteiger partial charge in [0.2, 0.25) is 5.91 Å². The summed E-state index contributed by atoms with van der Waals surface area (Å²) in [4.78, 5) is 16.3. The number of nitrogens with one attached hydrogen (secondary N) is 1. The fraction of sp³-hybridized carbons (Fsp3) is 0.217. The summed E-state index contributed by atoms with van der Waals surface area (Å²) in [5.74, 6) is 1.84.